The lowest BCUT2D eigenvalue weighted by atomic mass is 9.82. The van der Waals surface area contributed by atoms with Crippen LogP contribution in [-0.2, 0) is 26.5 Å². The van der Waals surface area contributed by atoms with E-state index in [-0.39, 0.29) is 32.1 Å². The highest BCUT2D eigenvalue weighted by atomic mass is 16.6. The normalized spacial score (nSPS) is 20.1. The lowest BCUT2D eigenvalue weighted by Crippen LogP contribution is -2.43. The number of likely N-dealkylation sites (N-methyl/N-ethyl adjacent to an activating group) is 1. The second-order valence-electron chi connectivity index (χ2n) is 9.04. The van der Waals surface area contributed by atoms with E-state index in [9.17, 15) is 24.6 Å². The monoisotopic (exact) mass is 493 g/mol. The number of cyclic esters (lactones) is 1. The van der Waals surface area contributed by atoms with Crippen LogP contribution in [0, 0.1) is 5.92 Å². The summed E-state index contributed by atoms with van der Waals surface area (Å²) in [5.74, 6) is -1.30. The van der Waals surface area contributed by atoms with Crippen molar-refractivity contribution < 1.29 is 29.3 Å². The fraction of sp³-hybridized carbons (Fsp3) is 0.370. The lowest BCUT2D eigenvalue weighted by Gasteiger charge is -2.27. The van der Waals surface area contributed by atoms with E-state index in [1.807, 2.05) is 30.3 Å². The molecule has 2 aromatic carbocycles. The number of anilines is 2. The maximum absolute atomic E-state index is 13.1. The summed E-state index contributed by atoms with van der Waals surface area (Å²) < 4.78 is 5.01. The number of aliphatic hydroxyl groups excluding tert-OH is 1. The van der Waals surface area contributed by atoms with Crippen molar-refractivity contribution in [3.63, 3.8) is 0 Å². The molecule has 2 atom stereocenters. The summed E-state index contributed by atoms with van der Waals surface area (Å²) in [6.07, 6.45) is 2.90. The molecule has 2 heterocycles. The van der Waals surface area contributed by atoms with Crippen LogP contribution in [0.1, 0.15) is 24.5 Å². The van der Waals surface area contributed by atoms with Crippen LogP contribution in [0.4, 0.5) is 16.2 Å². The van der Waals surface area contributed by atoms with Crippen LogP contribution in [0.3, 0.4) is 0 Å². The summed E-state index contributed by atoms with van der Waals surface area (Å²) in [4.78, 5) is 42.4. The molecule has 0 aliphatic carbocycles. The van der Waals surface area contributed by atoms with Crippen molar-refractivity contribution >= 4 is 29.3 Å². The molecular formula is C27H31N3O6. The van der Waals surface area contributed by atoms with Crippen LogP contribution in [0.2, 0.25) is 0 Å². The van der Waals surface area contributed by atoms with Crippen molar-refractivity contribution in [1.82, 2.24) is 4.90 Å². The van der Waals surface area contributed by atoms with Crippen LogP contribution in [0.5, 0.6) is 0 Å². The zero-order chi connectivity index (χ0) is 25.9. The van der Waals surface area contributed by atoms with Crippen LogP contribution in [-0.4, -0.2) is 66.4 Å². The summed E-state index contributed by atoms with van der Waals surface area (Å²) in [5, 5.41) is 21.0. The number of carbonyl (C=O) groups is 3. The fourth-order valence-electron chi connectivity index (χ4n) is 4.70. The predicted octanol–water partition coefficient (Wildman–Crippen LogP) is 2.41. The molecule has 0 unspecified atom stereocenters. The van der Waals surface area contributed by atoms with Gasteiger partial charge in [0.2, 0.25) is 5.91 Å². The SMILES string of the molecule is C[C@H](/C=C/CC(=O)N(CCO)Cc1ccccc1)[C@@]1(O)C(=O)N(C)c2ccc(N3CCOC3=O)cc21. The van der Waals surface area contributed by atoms with Gasteiger partial charge in [-0.2, -0.15) is 0 Å². The Morgan fingerprint density at radius 1 is 1.22 bits per heavy atom. The maximum Gasteiger partial charge on any atom is 0.414 e. The molecule has 190 valence electrons. The average molecular weight is 494 g/mol. The molecule has 2 aliphatic heterocycles. The van der Waals surface area contributed by atoms with Crippen LogP contribution in [0.25, 0.3) is 0 Å². The van der Waals surface area contributed by atoms with Gasteiger partial charge in [0.15, 0.2) is 5.60 Å². The van der Waals surface area contributed by atoms with E-state index in [4.69, 9.17) is 4.74 Å². The first-order valence-electron chi connectivity index (χ1n) is 12.0. The van der Waals surface area contributed by atoms with E-state index in [1.54, 1.807) is 49.2 Å². The molecule has 0 spiro atoms. The number of hydrogen-bond donors (Lipinski definition) is 2. The smallest absolute Gasteiger partial charge is 0.414 e. The average Bonchev–Trinajstić information content (AvgIpc) is 3.39. The van der Waals surface area contributed by atoms with Crippen molar-refractivity contribution in [1.29, 1.82) is 0 Å². The Bertz CT molecular complexity index is 1170. The molecule has 9 nitrogen and oxygen atoms in total. The molecule has 2 N–H and O–H groups in total. The number of amides is 3. The standard InChI is InChI=1S/C27H31N3O6/c1-19(7-6-10-24(32)29(13-15-31)18-20-8-4-3-5-9-20)27(35)22-17-21(30-14-16-36-26(30)34)11-12-23(22)28(2)25(27)33/h3-9,11-12,17,19,31,35H,10,13-16,18H2,1-2H3/b7-6+/t19-,27+/m1/s1. The fourth-order valence-corrected chi connectivity index (χ4v) is 4.70. The molecule has 0 bridgehead atoms. The topological polar surface area (TPSA) is 111 Å². The zero-order valence-electron chi connectivity index (χ0n) is 20.5. The summed E-state index contributed by atoms with van der Waals surface area (Å²) in [5.41, 5.74) is 0.622. The second kappa shape index (κ2) is 10.5. The first-order chi connectivity index (χ1) is 17.3. The molecule has 0 aromatic heterocycles. The predicted molar refractivity (Wildman–Crippen MR) is 134 cm³/mol. The number of aliphatic hydroxyl groups is 2. The Morgan fingerprint density at radius 3 is 2.64 bits per heavy atom. The number of fused-ring (bicyclic) bond motifs is 1. The van der Waals surface area contributed by atoms with Crippen molar-refractivity contribution in [2.45, 2.75) is 25.5 Å². The van der Waals surface area contributed by atoms with Crippen molar-refractivity contribution in [2.75, 3.05) is 43.2 Å². The summed E-state index contributed by atoms with van der Waals surface area (Å²) in [6, 6.07) is 14.6. The molecule has 36 heavy (non-hydrogen) atoms. The number of hydrogen-bond acceptors (Lipinski definition) is 6. The molecule has 2 aliphatic rings. The maximum atomic E-state index is 13.1. The Labute approximate surface area is 210 Å². The highest BCUT2D eigenvalue weighted by Crippen LogP contribution is 2.46. The summed E-state index contributed by atoms with van der Waals surface area (Å²) in [7, 11) is 1.60. The van der Waals surface area contributed by atoms with Crippen molar-refractivity contribution in [2.24, 2.45) is 5.92 Å². The molecule has 1 fully saturated rings. The summed E-state index contributed by atoms with van der Waals surface area (Å²) in [6.45, 7) is 2.83. The van der Waals surface area contributed by atoms with Gasteiger partial charge in [0.25, 0.3) is 5.91 Å². The Balaban J connectivity index is 1.51. The highest BCUT2D eigenvalue weighted by Gasteiger charge is 2.51. The van der Waals surface area contributed by atoms with Gasteiger partial charge in [0.05, 0.1) is 18.8 Å². The third-order valence-corrected chi connectivity index (χ3v) is 6.77. The third kappa shape index (κ3) is 4.72. The quantitative estimate of drug-likeness (QED) is 0.519. The Kier molecular flexibility index (Phi) is 7.42. The van der Waals surface area contributed by atoms with E-state index >= 15 is 0 Å². The van der Waals surface area contributed by atoms with Gasteiger partial charge in [0, 0.05) is 43.7 Å². The highest BCUT2D eigenvalue weighted by molar-refractivity contribution is 6.07. The van der Waals surface area contributed by atoms with E-state index in [2.05, 4.69) is 0 Å². The van der Waals surface area contributed by atoms with Crippen LogP contribution in [0.15, 0.2) is 60.7 Å². The number of ether oxygens (including phenoxy) is 1. The molecule has 1 saturated heterocycles. The molecule has 9 heteroatoms. The van der Waals surface area contributed by atoms with Gasteiger partial charge in [-0.25, -0.2) is 4.79 Å². The lowest BCUT2D eigenvalue weighted by molar-refractivity contribution is -0.139. The van der Waals surface area contributed by atoms with E-state index < -0.39 is 23.5 Å². The van der Waals surface area contributed by atoms with Crippen LogP contribution < -0.4 is 9.80 Å². The molecule has 0 radical (unpaired) electrons. The van der Waals surface area contributed by atoms with Gasteiger partial charge in [0.1, 0.15) is 6.61 Å². The van der Waals surface area contributed by atoms with Gasteiger partial charge in [-0.15, -0.1) is 0 Å². The second-order valence-corrected chi connectivity index (χ2v) is 9.04. The van der Waals surface area contributed by atoms with Gasteiger partial charge in [-0.05, 0) is 23.8 Å². The number of nitrogens with zero attached hydrogens (tertiary/aromatic N) is 3. The molecule has 3 amide bonds. The molecule has 4 rings (SSSR count). The number of benzene rings is 2. The minimum Gasteiger partial charge on any atom is -0.447 e. The van der Waals surface area contributed by atoms with Crippen molar-refractivity contribution in [3.8, 4) is 0 Å². The third-order valence-electron chi connectivity index (χ3n) is 6.77. The van der Waals surface area contributed by atoms with E-state index in [1.165, 1.54) is 9.80 Å². The van der Waals surface area contributed by atoms with Gasteiger partial charge < -0.3 is 24.7 Å². The summed E-state index contributed by atoms with van der Waals surface area (Å²) >= 11 is 0. The van der Waals surface area contributed by atoms with E-state index in [0.717, 1.165) is 5.56 Å². The van der Waals surface area contributed by atoms with Gasteiger partial charge >= 0.3 is 6.09 Å². The number of rotatable bonds is 9. The zero-order valence-corrected chi connectivity index (χ0v) is 20.5. The Morgan fingerprint density at radius 2 is 1.97 bits per heavy atom. The van der Waals surface area contributed by atoms with Crippen LogP contribution >= 0.6 is 0 Å². The van der Waals surface area contributed by atoms with E-state index in [0.29, 0.717) is 30.0 Å². The number of carbonyl (C=O) groups excluding carboxylic acids is 3. The minimum absolute atomic E-state index is 0.0593. The molecular weight excluding hydrogens is 462 g/mol. The van der Waals surface area contributed by atoms with Gasteiger partial charge in [-0.1, -0.05) is 49.4 Å². The largest absolute Gasteiger partial charge is 0.447 e. The van der Waals surface area contributed by atoms with Crippen molar-refractivity contribution in [3.05, 3.63) is 71.8 Å². The Hall–Kier alpha value is -3.69. The first kappa shape index (κ1) is 25.4. The first-order valence-corrected chi connectivity index (χ1v) is 12.0. The van der Waals surface area contributed by atoms with Gasteiger partial charge in [-0.3, -0.25) is 14.5 Å². The molecule has 2 aromatic rings. The minimum atomic E-state index is -1.85. The molecule has 0 saturated carbocycles.